The average molecular weight is 456 g/mol. The number of unbranched alkanes of at least 4 members (excludes halogenated alkanes) is 1. The number of nitrogen functional groups attached to an aromatic ring is 1. The standard InChI is InChI=1S/C23H29N5O5/c1-4-5-11-26(19-20(24)27(13-14(2)3)23(33)25-21(19)31)22(32)15-7-6-8-16(12-15)28-17(29)9-10-18(28)30/h6-8,12,14H,4-5,9-11,13,24H2,1-3H3,(H,25,31,33). The molecular weight excluding hydrogens is 426 g/mol. The Morgan fingerprint density at radius 3 is 2.42 bits per heavy atom. The molecule has 0 aliphatic carbocycles. The summed E-state index contributed by atoms with van der Waals surface area (Å²) in [6, 6.07) is 6.16. The number of nitrogens with two attached hydrogens (primary N) is 1. The van der Waals surface area contributed by atoms with Gasteiger partial charge in [-0.05, 0) is 30.5 Å². The summed E-state index contributed by atoms with van der Waals surface area (Å²) >= 11 is 0. The molecule has 33 heavy (non-hydrogen) atoms. The van der Waals surface area contributed by atoms with Gasteiger partial charge in [-0.2, -0.15) is 0 Å². The number of hydrogen-bond acceptors (Lipinski definition) is 6. The zero-order valence-corrected chi connectivity index (χ0v) is 19.1. The number of carbonyl (C=O) groups is 3. The van der Waals surface area contributed by atoms with Gasteiger partial charge in [-0.3, -0.25) is 33.6 Å². The van der Waals surface area contributed by atoms with Crippen molar-refractivity contribution < 1.29 is 14.4 Å². The normalized spacial score (nSPS) is 13.8. The van der Waals surface area contributed by atoms with Crippen LogP contribution >= 0.6 is 0 Å². The van der Waals surface area contributed by atoms with Crippen molar-refractivity contribution in [1.29, 1.82) is 0 Å². The van der Waals surface area contributed by atoms with Gasteiger partial charge in [-0.15, -0.1) is 0 Å². The van der Waals surface area contributed by atoms with Crippen molar-refractivity contribution in [2.75, 3.05) is 22.1 Å². The monoisotopic (exact) mass is 455 g/mol. The van der Waals surface area contributed by atoms with E-state index < -0.39 is 17.2 Å². The topological polar surface area (TPSA) is 139 Å². The summed E-state index contributed by atoms with van der Waals surface area (Å²) in [5, 5.41) is 0. The van der Waals surface area contributed by atoms with Crippen LogP contribution < -0.4 is 26.8 Å². The lowest BCUT2D eigenvalue weighted by molar-refractivity contribution is -0.121. The number of hydrogen-bond donors (Lipinski definition) is 2. The van der Waals surface area contributed by atoms with Crippen LogP contribution in [0, 0.1) is 5.92 Å². The third kappa shape index (κ3) is 4.89. The van der Waals surface area contributed by atoms with Crippen molar-refractivity contribution in [3.05, 3.63) is 50.7 Å². The number of imide groups is 1. The first-order chi connectivity index (χ1) is 15.6. The van der Waals surface area contributed by atoms with E-state index in [0.717, 1.165) is 11.3 Å². The minimum absolute atomic E-state index is 0.0794. The molecule has 2 heterocycles. The van der Waals surface area contributed by atoms with E-state index in [1.54, 1.807) is 18.2 Å². The first kappa shape index (κ1) is 24.0. The van der Waals surface area contributed by atoms with Crippen molar-refractivity contribution in [3.8, 4) is 0 Å². The Morgan fingerprint density at radius 2 is 1.82 bits per heavy atom. The molecule has 1 aromatic carbocycles. The number of H-pyrrole nitrogens is 1. The van der Waals surface area contributed by atoms with Crippen LogP contribution in [0.1, 0.15) is 56.8 Å². The Labute approximate surface area is 191 Å². The molecule has 0 spiro atoms. The highest BCUT2D eigenvalue weighted by atomic mass is 16.2. The van der Waals surface area contributed by atoms with E-state index >= 15 is 0 Å². The maximum Gasteiger partial charge on any atom is 0.330 e. The van der Waals surface area contributed by atoms with Gasteiger partial charge < -0.3 is 10.6 Å². The highest BCUT2D eigenvalue weighted by Crippen LogP contribution is 2.26. The fourth-order valence-corrected chi connectivity index (χ4v) is 3.81. The number of benzene rings is 1. The lowest BCUT2D eigenvalue weighted by atomic mass is 10.1. The number of rotatable bonds is 8. The highest BCUT2D eigenvalue weighted by molar-refractivity contribution is 6.20. The van der Waals surface area contributed by atoms with Gasteiger partial charge in [0.1, 0.15) is 5.82 Å². The molecule has 1 aliphatic heterocycles. The first-order valence-corrected chi connectivity index (χ1v) is 11.1. The zero-order valence-electron chi connectivity index (χ0n) is 19.1. The van der Waals surface area contributed by atoms with Gasteiger partial charge >= 0.3 is 5.69 Å². The van der Waals surface area contributed by atoms with E-state index in [9.17, 15) is 24.0 Å². The van der Waals surface area contributed by atoms with E-state index in [-0.39, 0.29) is 60.7 Å². The molecule has 3 N–H and O–H groups in total. The summed E-state index contributed by atoms with van der Waals surface area (Å²) in [4.78, 5) is 67.5. The quantitative estimate of drug-likeness (QED) is 0.583. The van der Waals surface area contributed by atoms with E-state index in [0.29, 0.717) is 12.1 Å². The summed E-state index contributed by atoms with van der Waals surface area (Å²) in [7, 11) is 0. The molecule has 0 atom stereocenters. The molecule has 1 fully saturated rings. The summed E-state index contributed by atoms with van der Waals surface area (Å²) in [5.41, 5.74) is 5.26. The Kier molecular flexibility index (Phi) is 7.15. The maximum atomic E-state index is 13.5. The smallest absolute Gasteiger partial charge is 0.330 e. The Bertz CT molecular complexity index is 1180. The summed E-state index contributed by atoms with van der Waals surface area (Å²) in [6.45, 7) is 6.24. The Hall–Kier alpha value is -3.69. The molecule has 176 valence electrons. The molecule has 2 aromatic rings. The maximum absolute atomic E-state index is 13.5. The zero-order chi connectivity index (χ0) is 24.3. The number of anilines is 3. The first-order valence-electron chi connectivity index (χ1n) is 11.1. The molecule has 0 bridgehead atoms. The van der Waals surface area contributed by atoms with Gasteiger partial charge in [-0.25, -0.2) is 4.79 Å². The fourth-order valence-electron chi connectivity index (χ4n) is 3.81. The summed E-state index contributed by atoms with van der Waals surface area (Å²) in [6.07, 6.45) is 1.60. The molecule has 10 nitrogen and oxygen atoms in total. The molecule has 0 radical (unpaired) electrons. The predicted molar refractivity (Wildman–Crippen MR) is 125 cm³/mol. The van der Waals surface area contributed by atoms with Crippen LogP contribution in [0.5, 0.6) is 0 Å². The fraction of sp³-hybridized carbons (Fsp3) is 0.435. The van der Waals surface area contributed by atoms with E-state index in [1.165, 1.54) is 15.5 Å². The minimum Gasteiger partial charge on any atom is -0.383 e. The van der Waals surface area contributed by atoms with Crippen molar-refractivity contribution in [2.45, 2.75) is 53.0 Å². The second kappa shape index (κ2) is 9.85. The van der Waals surface area contributed by atoms with Gasteiger partial charge in [-0.1, -0.05) is 33.3 Å². The van der Waals surface area contributed by atoms with Crippen LogP contribution in [0.15, 0.2) is 33.9 Å². The van der Waals surface area contributed by atoms with E-state index in [1.807, 2.05) is 20.8 Å². The SMILES string of the molecule is CCCCN(C(=O)c1cccc(N2C(=O)CCC2=O)c1)c1c(N)n(CC(C)C)c(=O)[nH]c1=O. The third-order valence-electron chi connectivity index (χ3n) is 5.42. The lowest BCUT2D eigenvalue weighted by Crippen LogP contribution is -2.42. The summed E-state index contributed by atoms with van der Waals surface area (Å²) < 4.78 is 1.26. The lowest BCUT2D eigenvalue weighted by Gasteiger charge is -2.25. The molecule has 1 saturated heterocycles. The molecule has 0 saturated carbocycles. The number of nitrogens with zero attached hydrogens (tertiary/aromatic N) is 3. The molecule has 3 amide bonds. The second-order valence-electron chi connectivity index (χ2n) is 8.48. The highest BCUT2D eigenvalue weighted by Gasteiger charge is 2.31. The van der Waals surface area contributed by atoms with Crippen molar-refractivity contribution in [1.82, 2.24) is 9.55 Å². The van der Waals surface area contributed by atoms with Crippen LogP contribution in [-0.4, -0.2) is 33.8 Å². The number of aromatic amines is 1. The number of nitrogens with one attached hydrogen (secondary N) is 1. The average Bonchev–Trinajstić information content (AvgIpc) is 3.10. The minimum atomic E-state index is -0.747. The van der Waals surface area contributed by atoms with Crippen LogP contribution in [0.4, 0.5) is 17.2 Å². The van der Waals surface area contributed by atoms with E-state index in [4.69, 9.17) is 5.73 Å². The third-order valence-corrected chi connectivity index (χ3v) is 5.42. The van der Waals surface area contributed by atoms with E-state index in [2.05, 4.69) is 4.98 Å². The molecule has 0 unspecified atom stereocenters. The van der Waals surface area contributed by atoms with Gasteiger partial charge in [0.05, 0.1) is 5.69 Å². The predicted octanol–water partition coefficient (Wildman–Crippen LogP) is 1.88. The molecular formula is C23H29N5O5. The van der Waals surface area contributed by atoms with Crippen LogP contribution in [-0.2, 0) is 16.1 Å². The molecule has 10 heteroatoms. The number of carbonyl (C=O) groups excluding carboxylic acids is 3. The largest absolute Gasteiger partial charge is 0.383 e. The summed E-state index contributed by atoms with van der Waals surface area (Å²) in [5.74, 6) is -1.17. The molecule has 3 rings (SSSR count). The van der Waals surface area contributed by atoms with Gasteiger partial charge in [0, 0.05) is 31.5 Å². The van der Waals surface area contributed by atoms with Crippen LogP contribution in [0.25, 0.3) is 0 Å². The van der Waals surface area contributed by atoms with Gasteiger partial charge in [0.25, 0.3) is 11.5 Å². The van der Waals surface area contributed by atoms with Crippen molar-refractivity contribution >= 4 is 34.9 Å². The number of amides is 3. The Balaban J connectivity index is 2.08. The van der Waals surface area contributed by atoms with Crippen LogP contribution in [0.2, 0.25) is 0 Å². The van der Waals surface area contributed by atoms with Gasteiger partial charge in [0.15, 0.2) is 5.69 Å². The molecule has 1 aromatic heterocycles. The Morgan fingerprint density at radius 1 is 1.15 bits per heavy atom. The van der Waals surface area contributed by atoms with Gasteiger partial charge in [0.2, 0.25) is 11.8 Å². The van der Waals surface area contributed by atoms with Crippen LogP contribution in [0.3, 0.4) is 0 Å². The second-order valence-corrected chi connectivity index (χ2v) is 8.48. The number of aromatic nitrogens is 2. The molecule has 1 aliphatic rings. The van der Waals surface area contributed by atoms with Crippen molar-refractivity contribution in [3.63, 3.8) is 0 Å². The van der Waals surface area contributed by atoms with Crippen molar-refractivity contribution in [2.24, 2.45) is 5.92 Å².